The SMILES string of the molecule is C=C(C)CNC(=O)[C@H]1CC(CC)C[C@H]1C(=O)O. The molecule has 1 rings (SSSR count). The molecule has 0 radical (unpaired) electrons. The predicted octanol–water partition coefficient (Wildman–Crippen LogP) is 1.82. The number of nitrogens with one attached hydrogen (secondary N) is 1. The average molecular weight is 239 g/mol. The summed E-state index contributed by atoms with van der Waals surface area (Å²) in [4.78, 5) is 23.0. The third-order valence-corrected chi connectivity index (χ3v) is 3.46. The Bertz CT molecular complexity index is 325. The Morgan fingerprint density at radius 3 is 2.41 bits per heavy atom. The molecule has 1 saturated carbocycles. The molecule has 1 aliphatic rings. The monoisotopic (exact) mass is 239 g/mol. The van der Waals surface area contributed by atoms with Crippen molar-refractivity contribution in [2.45, 2.75) is 33.1 Å². The fraction of sp³-hybridized carbons (Fsp3) is 0.692. The second-order valence-corrected chi connectivity index (χ2v) is 4.97. The summed E-state index contributed by atoms with van der Waals surface area (Å²) in [7, 11) is 0. The highest BCUT2D eigenvalue weighted by molar-refractivity contribution is 5.85. The number of amides is 1. The second-order valence-electron chi connectivity index (χ2n) is 4.97. The topological polar surface area (TPSA) is 66.4 Å². The Hall–Kier alpha value is -1.32. The maximum Gasteiger partial charge on any atom is 0.307 e. The molecule has 1 unspecified atom stereocenters. The number of carbonyl (C=O) groups excluding carboxylic acids is 1. The predicted molar refractivity (Wildman–Crippen MR) is 65.5 cm³/mol. The average Bonchev–Trinajstić information content (AvgIpc) is 2.69. The third kappa shape index (κ3) is 3.58. The van der Waals surface area contributed by atoms with Crippen LogP contribution in [-0.2, 0) is 9.59 Å². The van der Waals surface area contributed by atoms with Gasteiger partial charge in [0.2, 0.25) is 5.91 Å². The number of carboxylic acid groups (broad SMARTS) is 1. The molecule has 4 heteroatoms. The molecule has 1 aliphatic carbocycles. The lowest BCUT2D eigenvalue weighted by Crippen LogP contribution is -2.35. The zero-order chi connectivity index (χ0) is 13.0. The minimum atomic E-state index is -0.851. The minimum absolute atomic E-state index is 0.142. The van der Waals surface area contributed by atoms with Crippen LogP contribution in [0, 0.1) is 17.8 Å². The molecule has 2 N–H and O–H groups in total. The fourth-order valence-corrected chi connectivity index (χ4v) is 2.41. The lowest BCUT2D eigenvalue weighted by atomic mass is 9.95. The van der Waals surface area contributed by atoms with Crippen LogP contribution in [0.1, 0.15) is 33.1 Å². The molecule has 1 fully saturated rings. The Labute approximate surface area is 102 Å². The maximum absolute atomic E-state index is 11.9. The number of hydrogen-bond acceptors (Lipinski definition) is 2. The number of hydrogen-bond donors (Lipinski definition) is 2. The second kappa shape index (κ2) is 5.84. The van der Waals surface area contributed by atoms with Crippen LogP contribution in [0.15, 0.2) is 12.2 Å². The molecule has 0 aromatic carbocycles. The molecule has 0 aromatic rings. The van der Waals surface area contributed by atoms with Crippen molar-refractivity contribution >= 4 is 11.9 Å². The van der Waals surface area contributed by atoms with E-state index in [2.05, 4.69) is 11.9 Å². The molecule has 0 bridgehead atoms. The molecule has 4 nitrogen and oxygen atoms in total. The van der Waals surface area contributed by atoms with Crippen molar-refractivity contribution in [2.75, 3.05) is 6.54 Å². The molecule has 0 heterocycles. The molecular weight excluding hydrogens is 218 g/mol. The summed E-state index contributed by atoms with van der Waals surface area (Å²) in [5, 5.41) is 11.9. The fourth-order valence-electron chi connectivity index (χ4n) is 2.41. The Balaban J connectivity index is 2.63. The van der Waals surface area contributed by atoms with Gasteiger partial charge in [0.05, 0.1) is 11.8 Å². The molecule has 1 amide bonds. The number of carboxylic acids is 1. The normalized spacial score (nSPS) is 27.8. The number of aliphatic carboxylic acids is 1. The van der Waals surface area contributed by atoms with Crippen molar-refractivity contribution in [2.24, 2.45) is 17.8 Å². The van der Waals surface area contributed by atoms with Crippen LogP contribution in [0.5, 0.6) is 0 Å². The van der Waals surface area contributed by atoms with E-state index in [4.69, 9.17) is 5.11 Å². The summed E-state index contributed by atoms with van der Waals surface area (Å²) in [5.74, 6) is -1.54. The first-order chi connectivity index (χ1) is 7.95. The van der Waals surface area contributed by atoms with Crippen molar-refractivity contribution < 1.29 is 14.7 Å². The van der Waals surface area contributed by atoms with Gasteiger partial charge >= 0.3 is 5.97 Å². The van der Waals surface area contributed by atoms with Crippen molar-refractivity contribution in [1.29, 1.82) is 0 Å². The highest BCUT2D eigenvalue weighted by Gasteiger charge is 2.41. The van der Waals surface area contributed by atoms with Crippen LogP contribution in [0.3, 0.4) is 0 Å². The molecule has 0 saturated heterocycles. The van der Waals surface area contributed by atoms with Gasteiger partial charge in [0.1, 0.15) is 0 Å². The summed E-state index contributed by atoms with van der Waals surface area (Å²) in [6.07, 6.45) is 2.25. The number of rotatable bonds is 5. The maximum atomic E-state index is 11.9. The largest absolute Gasteiger partial charge is 0.481 e. The Morgan fingerprint density at radius 1 is 1.35 bits per heavy atom. The van der Waals surface area contributed by atoms with Gasteiger partial charge in [0.15, 0.2) is 0 Å². The van der Waals surface area contributed by atoms with Crippen molar-refractivity contribution in [3.05, 3.63) is 12.2 Å². The molecular formula is C13H21NO3. The van der Waals surface area contributed by atoms with Gasteiger partial charge in [-0.15, -0.1) is 0 Å². The smallest absolute Gasteiger partial charge is 0.307 e. The molecule has 0 spiro atoms. The summed E-state index contributed by atoms with van der Waals surface area (Å²) < 4.78 is 0. The van der Waals surface area contributed by atoms with Gasteiger partial charge in [-0.1, -0.05) is 25.5 Å². The summed E-state index contributed by atoms with van der Waals surface area (Å²) in [5.41, 5.74) is 0.871. The Kier molecular flexibility index (Phi) is 4.73. The third-order valence-electron chi connectivity index (χ3n) is 3.46. The van der Waals surface area contributed by atoms with E-state index in [-0.39, 0.29) is 11.8 Å². The molecule has 3 atom stereocenters. The molecule has 96 valence electrons. The van der Waals surface area contributed by atoms with Gasteiger partial charge in [-0.05, 0) is 25.7 Å². The van der Waals surface area contributed by atoms with Gasteiger partial charge in [0, 0.05) is 6.54 Å². The first-order valence-corrected chi connectivity index (χ1v) is 6.10. The highest BCUT2D eigenvalue weighted by Crippen LogP contribution is 2.38. The van der Waals surface area contributed by atoms with Gasteiger partial charge < -0.3 is 10.4 Å². The van der Waals surface area contributed by atoms with Gasteiger partial charge in [-0.2, -0.15) is 0 Å². The molecule has 17 heavy (non-hydrogen) atoms. The van der Waals surface area contributed by atoms with E-state index < -0.39 is 11.9 Å². The summed E-state index contributed by atoms with van der Waals surface area (Å²) in [6.45, 7) is 8.01. The minimum Gasteiger partial charge on any atom is -0.481 e. The summed E-state index contributed by atoms with van der Waals surface area (Å²) in [6, 6.07) is 0. The van der Waals surface area contributed by atoms with Crippen LogP contribution in [0.25, 0.3) is 0 Å². The van der Waals surface area contributed by atoms with E-state index in [1.165, 1.54) is 0 Å². The van der Waals surface area contributed by atoms with Gasteiger partial charge in [-0.3, -0.25) is 9.59 Å². The number of carbonyl (C=O) groups is 2. The van der Waals surface area contributed by atoms with Crippen LogP contribution >= 0.6 is 0 Å². The highest BCUT2D eigenvalue weighted by atomic mass is 16.4. The standard InChI is InChI=1S/C13H21NO3/c1-4-9-5-10(11(6-9)13(16)17)12(15)14-7-8(2)3/h9-11H,2,4-7H2,1,3H3,(H,14,15)(H,16,17)/t9?,10-,11+/m0/s1. The van der Waals surface area contributed by atoms with Gasteiger partial charge in [-0.25, -0.2) is 0 Å². The van der Waals surface area contributed by atoms with E-state index in [1.54, 1.807) is 0 Å². The first-order valence-electron chi connectivity index (χ1n) is 6.10. The molecule has 0 aromatic heterocycles. The van der Waals surface area contributed by atoms with Crippen molar-refractivity contribution in [3.63, 3.8) is 0 Å². The van der Waals surface area contributed by atoms with Crippen LogP contribution in [0.2, 0.25) is 0 Å². The van der Waals surface area contributed by atoms with Crippen molar-refractivity contribution in [1.82, 2.24) is 5.32 Å². The van der Waals surface area contributed by atoms with E-state index in [9.17, 15) is 9.59 Å². The van der Waals surface area contributed by atoms with Crippen LogP contribution in [-0.4, -0.2) is 23.5 Å². The van der Waals surface area contributed by atoms with Crippen molar-refractivity contribution in [3.8, 4) is 0 Å². The zero-order valence-corrected chi connectivity index (χ0v) is 10.5. The lowest BCUT2D eigenvalue weighted by Gasteiger charge is -2.15. The van der Waals surface area contributed by atoms with E-state index in [1.807, 2.05) is 13.8 Å². The molecule has 0 aliphatic heterocycles. The Morgan fingerprint density at radius 2 is 1.94 bits per heavy atom. The zero-order valence-electron chi connectivity index (χ0n) is 10.5. The van der Waals surface area contributed by atoms with E-state index in [0.717, 1.165) is 12.0 Å². The lowest BCUT2D eigenvalue weighted by molar-refractivity contribution is -0.146. The quantitative estimate of drug-likeness (QED) is 0.719. The van der Waals surface area contributed by atoms with E-state index in [0.29, 0.717) is 25.3 Å². The van der Waals surface area contributed by atoms with Crippen LogP contribution < -0.4 is 5.32 Å². The van der Waals surface area contributed by atoms with Crippen LogP contribution in [0.4, 0.5) is 0 Å². The van der Waals surface area contributed by atoms with E-state index >= 15 is 0 Å². The summed E-state index contributed by atoms with van der Waals surface area (Å²) >= 11 is 0. The van der Waals surface area contributed by atoms with Gasteiger partial charge in [0.25, 0.3) is 0 Å². The first kappa shape index (κ1) is 13.7.